The van der Waals surface area contributed by atoms with E-state index in [0.29, 0.717) is 0 Å². The van der Waals surface area contributed by atoms with Crippen molar-refractivity contribution in [1.29, 1.82) is 0 Å². The summed E-state index contributed by atoms with van der Waals surface area (Å²) in [7, 11) is 0. The number of hydrogen-bond donors (Lipinski definition) is 1. The van der Waals surface area contributed by atoms with Crippen molar-refractivity contribution < 1.29 is 5.21 Å². The third-order valence-electron chi connectivity index (χ3n) is 2.07. The largest absolute Gasteiger partial charge is 0.313 e. The Morgan fingerprint density at radius 3 is 1.57 bits per heavy atom. The molecule has 0 aliphatic heterocycles. The molecule has 0 saturated carbocycles. The molecule has 0 aromatic carbocycles. The van der Waals surface area contributed by atoms with Gasteiger partial charge in [0.25, 0.3) is 0 Å². The van der Waals surface area contributed by atoms with Crippen LogP contribution in [0.15, 0.2) is 0 Å². The lowest BCUT2D eigenvalue weighted by atomic mass is 9.93. The molecule has 0 spiro atoms. The Labute approximate surface area is 90.3 Å². The zero-order valence-electron chi connectivity index (χ0n) is 11.3. The van der Waals surface area contributed by atoms with Crippen molar-refractivity contribution in [3.63, 3.8) is 0 Å². The van der Waals surface area contributed by atoms with Gasteiger partial charge in [0.1, 0.15) is 0 Å². The van der Waals surface area contributed by atoms with E-state index in [4.69, 9.17) is 0 Å². The van der Waals surface area contributed by atoms with E-state index in [1.807, 2.05) is 34.6 Å². The molecule has 0 aliphatic rings. The number of hydroxylamine groups is 2. The van der Waals surface area contributed by atoms with Crippen LogP contribution >= 0.6 is 0 Å². The minimum atomic E-state index is -0.168. The minimum Gasteiger partial charge on any atom is -0.313 e. The van der Waals surface area contributed by atoms with Crippen LogP contribution in [0, 0.1) is 0 Å². The van der Waals surface area contributed by atoms with Crippen molar-refractivity contribution in [2.45, 2.75) is 79.3 Å². The zero-order valence-corrected chi connectivity index (χ0v) is 11.3. The summed E-state index contributed by atoms with van der Waals surface area (Å²) in [6, 6.07) is 0. The zero-order chi connectivity index (χ0) is 12.0. The molecular weight excluding hydrogens is 174 g/mol. The summed E-state index contributed by atoms with van der Waals surface area (Å²) in [4.78, 5) is 0. The minimum absolute atomic E-state index is 0.118. The van der Waals surface area contributed by atoms with E-state index in [2.05, 4.69) is 20.8 Å². The van der Waals surface area contributed by atoms with Gasteiger partial charge in [-0.2, -0.15) is 5.06 Å². The molecule has 88 valence electrons. The molecule has 0 heterocycles. The van der Waals surface area contributed by atoms with Gasteiger partial charge in [-0.3, -0.25) is 0 Å². The molecule has 1 N–H and O–H groups in total. The first kappa shape index (κ1) is 16.4. The second kappa shape index (κ2) is 6.41. The molecule has 2 nitrogen and oxygen atoms in total. The van der Waals surface area contributed by atoms with Gasteiger partial charge in [-0.05, 0) is 41.0 Å². The first-order chi connectivity index (χ1) is 6.22. The van der Waals surface area contributed by atoms with E-state index < -0.39 is 0 Å². The molecule has 0 saturated heterocycles. The summed E-state index contributed by atoms with van der Waals surface area (Å²) in [5.74, 6) is 0. The second-order valence-corrected chi connectivity index (χ2v) is 5.05. The maximum Gasteiger partial charge on any atom is 0.0410 e. The van der Waals surface area contributed by atoms with E-state index >= 15 is 0 Å². The number of nitrogens with zero attached hydrogens (tertiary/aromatic N) is 1. The first-order valence-corrected chi connectivity index (χ1v) is 5.71. The van der Waals surface area contributed by atoms with Gasteiger partial charge in [0.15, 0.2) is 0 Å². The van der Waals surface area contributed by atoms with Crippen molar-refractivity contribution in [1.82, 2.24) is 5.06 Å². The molecule has 0 aromatic rings. The second-order valence-electron chi connectivity index (χ2n) is 5.05. The molecule has 0 aliphatic carbocycles. The van der Waals surface area contributed by atoms with E-state index in [9.17, 15) is 5.21 Å². The van der Waals surface area contributed by atoms with E-state index in [1.165, 1.54) is 5.06 Å². The Kier molecular flexibility index (Phi) is 7.49. The predicted molar refractivity (Wildman–Crippen MR) is 63.7 cm³/mol. The van der Waals surface area contributed by atoms with Crippen LogP contribution in [0.3, 0.4) is 0 Å². The van der Waals surface area contributed by atoms with Crippen molar-refractivity contribution in [3.05, 3.63) is 0 Å². The predicted octanol–water partition coefficient (Wildman–Crippen LogP) is 4.08. The van der Waals surface area contributed by atoms with Crippen molar-refractivity contribution in [2.75, 3.05) is 0 Å². The Morgan fingerprint density at radius 2 is 1.36 bits per heavy atom. The third kappa shape index (κ3) is 5.61. The van der Waals surface area contributed by atoms with Gasteiger partial charge in [-0.1, -0.05) is 27.2 Å². The Bertz CT molecular complexity index is 136. The van der Waals surface area contributed by atoms with Crippen LogP contribution in [0.5, 0.6) is 0 Å². The van der Waals surface area contributed by atoms with E-state index in [1.54, 1.807) is 0 Å². The fourth-order valence-corrected chi connectivity index (χ4v) is 1.63. The topological polar surface area (TPSA) is 23.5 Å². The van der Waals surface area contributed by atoms with Crippen LogP contribution < -0.4 is 0 Å². The molecule has 0 fully saturated rings. The Balaban J connectivity index is 0. The van der Waals surface area contributed by atoms with Gasteiger partial charge in [0.05, 0.1) is 0 Å². The molecule has 14 heavy (non-hydrogen) atoms. The fourth-order valence-electron chi connectivity index (χ4n) is 1.63. The molecule has 0 amide bonds. The van der Waals surface area contributed by atoms with Crippen LogP contribution in [0.4, 0.5) is 0 Å². The fraction of sp³-hybridized carbons (Fsp3) is 1.00. The molecule has 0 rings (SSSR count). The van der Waals surface area contributed by atoms with Gasteiger partial charge < -0.3 is 5.21 Å². The highest BCUT2D eigenvalue weighted by Crippen LogP contribution is 2.26. The normalized spacial score (nSPS) is 12.4. The number of rotatable bonds is 3. The smallest absolute Gasteiger partial charge is 0.0410 e. The summed E-state index contributed by atoms with van der Waals surface area (Å²) in [6.45, 7) is 16.3. The Morgan fingerprint density at radius 1 is 1.00 bits per heavy atom. The van der Waals surface area contributed by atoms with Crippen LogP contribution in [0.1, 0.15) is 68.2 Å². The summed E-state index contributed by atoms with van der Waals surface area (Å²) in [5.41, 5.74) is -0.286. The molecule has 2 heteroatoms. The van der Waals surface area contributed by atoms with Crippen molar-refractivity contribution >= 4 is 0 Å². The lowest BCUT2D eigenvalue weighted by Crippen LogP contribution is -2.51. The van der Waals surface area contributed by atoms with Crippen molar-refractivity contribution in [3.8, 4) is 0 Å². The maximum absolute atomic E-state index is 9.88. The van der Waals surface area contributed by atoms with Gasteiger partial charge >= 0.3 is 0 Å². The monoisotopic (exact) mass is 203 g/mol. The first-order valence-electron chi connectivity index (χ1n) is 5.71. The van der Waals surface area contributed by atoms with E-state index in [-0.39, 0.29) is 11.1 Å². The third-order valence-corrected chi connectivity index (χ3v) is 2.07. The average molecular weight is 203 g/mol. The summed E-state index contributed by atoms with van der Waals surface area (Å²) >= 11 is 0. The standard InChI is InChI=1S/C10H23NO.C2H6/c1-7-8-10(5,6)11(12)9(2,3)4;1-2/h12H,7-8H2,1-6H3;1-2H3. The quantitative estimate of drug-likeness (QED) is 0.699. The van der Waals surface area contributed by atoms with Gasteiger partial charge in [-0.25, -0.2) is 0 Å². The summed E-state index contributed by atoms with van der Waals surface area (Å²) in [5, 5.41) is 11.3. The molecular formula is C12H29NO. The average Bonchev–Trinajstić information content (AvgIpc) is 2.05. The highest BCUT2D eigenvalue weighted by atomic mass is 16.5. The molecule has 0 radical (unpaired) electrons. The molecule has 0 atom stereocenters. The van der Waals surface area contributed by atoms with Crippen molar-refractivity contribution in [2.24, 2.45) is 0 Å². The number of hydrogen-bond acceptors (Lipinski definition) is 2. The molecule has 0 aromatic heterocycles. The maximum atomic E-state index is 9.88. The van der Waals surface area contributed by atoms with E-state index in [0.717, 1.165) is 12.8 Å². The molecule has 0 unspecified atom stereocenters. The van der Waals surface area contributed by atoms with Gasteiger partial charge in [0.2, 0.25) is 0 Å². The highest BCUT2D eigenvalue weighted by molar-refractivity contribution is 4.83. The summed E-state index contributed by atoms with van der Waals surface area (Å²) in [6.07, 6.45) is 2.11. The molecule has 0 bridgehead atoms. The SMILES string of the molecule is CC.CCCC(C)(C)N(O)C(C)(C)C. The Hall–Kier alpha value is -0.0800. The lowest BCUT2D eigenvalue weighted by Gasteiger charge is -2.42. The lowest BCUT2D eigenvalue weighted by molar-refractivity contribution is -0.219. The summed E-state index contributed by atoms with van der Waals surface area (Å²) < 4.78 is 0. The van der Waals surface area contributed by atoms with Crippen LogP contribution in [0.2, 0.25) is 0 Å². The van der Waals surface area contributed by atoms with Crippen LogP contribution in [-0.4, -0.2) is 21.3 Å². The van der Waals surface area contributed by atoms with Crippen LogP contribution in [0.25, 0.3) is 0 Å². The van der Waals surface area contributed by atoms with Gasteiger partial charge in [0, 0.05) is 11.1 Å². The highest BCUT2D eigenvalue weighted by Gasteiger charge is 2.32. The van der Waals surface area contributed by atoms with Crippen LogP contribution in [-0.2, 0) is 0 Å². The van der Waals surface area contributed by atoms with Gasteiger partial charge in [-0.15, -0.1) is 0 Å².